The van der Waals surface area contributed by atoms with Crippen LogP contribution in [0, 0.1) is 5.82 Å². The van der Waals surface area contributed by atoms with Crippen molar-refractivity contribution >= 4 is 34.1 Å². The first kappa shape index (κ1) is 23.4. The molecule has 3 aromatic rings. The molecule has 1 aliphatic rings. The van der Waals surface area contributed by atoms with Gasteiger partial charge in [-0.2, -0.15) is 0 Å². The summed E-state index contributed by atoms with van der Waals surface area (Å²) in [6.07, 6.45) is 4.44. The highest BCUT2D eigenvalue weighted by molar-refractivity contribution is 7.09. The summed E-state index contributed by atoms with van der Waals surface area (Å²) in [6.45, 7) is 5.25. The molecule has 0 saturated carbocycles. The highest BCUT2D eigenvalue weighted by Crippen LogP contribution is 2.38. The third-order valence-electron chi connectivity index (χ3n) is 6.28. The summed E-state index contributed by atoms with van der Waals surface area (Å²) >= 11 is 1.55. The van der Waals surface area contributed by atoms with Crippen molar-refractivity contribution in [2.24, 2.45) is 0 Å². The number of piperidine rings is 1. The lowest BCUT2D eigenvalue weighted by molar-refractivity contribution is -0.132. The number of fused-ring (bicyclic) bond motifs is 1. The topological polar surface area (TPSA) is 66.7 Å². The Morgan fingerprint density at radius 1 is 1.33 bits per heavy atom. The Kier molecular flexibility index (Phi) is 6.83. The Hall–Kier alpha value is -2.74. The third kappa shape index (κ3) is 4.81. The zero-order chi connectivity index (χ0) is 23.7. The molecule has 0 unspecified atom stereocenters. The maximum absolute atomic E-state index is 15.7. The van der Waals surface area contributed by atoms with E-state index in [2.05, 4.69) is 4.98 Å². The lowest BCUT2D eigenvalue weighted by atomic mass is 9.86. The fourth-order valence-corrected chi connectivity index (χ4v) is 5.10. The van der Waals surface area contributed by atoms with Gasteiger partial charge < -0.3 is 14.2 Å². The van der Waals surface area contributed by atoms with Crippen molar-refractivity contribution in [1.82, 2.24) is 14.8 Å². The minimum absolute atomic E-state index is 0.0858. The number of furan rings is 1. The summed E-state index contributed by atoms with van der Waals surface area (Å²) in [6, 6.07) is 3.39. The Labute approximate surface area is 197 Å². The van der Waals surface area contributed by atoms with Gasteiger partial charge in [0.25, 0.3) is 5.91 Å². The van der Waals surface area contributed by atoms with Crippen molar-refractivity contribution < 1.29 is 18.4 Å². The maximum atomic E-state index is 15.7. The number of amides is 2. The van der Waals surface area contributed by atoms with Gasteiger partial charge >= 0.3 is 0 Å². The number of aryl methyl sites for hydroxylation is 1. The predicted molar refractivity (Wildman–Crippen MR) is 127 cm³/mol. The number of hydrogen-bond acceptors (Lipinski definition) is 5. The largest absolute Gasteiger partial charge is 0.450 e. The van der Waals surface area contributed by atoms with E-state index in [0.29, 0.717) is 42.5 Å². The van der Waals surface area contributed by atoms with Crippen LogP contribution in [0.15, 0.2) is 28.1 Å². The zero-order valence-corrected chi connectivity index (χ0v) is 20.4. The molecule has 0 N–H and O–H groups in total. The molecule has 0 bridgehead atoms. The molecule has 0 aliphatic carbocycles. The maximum Gasteiger partial charge on any atom is 0.289 e. The molecule has 1 fully saturated rings. The van der Waals surface area contributed by atoms with Crippen LogP contribution in [0.25, 0.3) is 11.0 Å². The standard InChI is InChI=1S/C25H30FN3O3S/c1-15(2)17-12-18(23(26)19-13-20(32-24(17)19)25(31)28(3)4)16-6-5-10-29(14-16)22(30)8-7-21-27-9-11-33-21/h9,11-13,15-16H,5-8,10,14H2,1-4H3/t16-/m0/s1. The van der Waals surface area contributed by atoms with E-state index in [-0.39, 0.29) is 35.2 Å². The molecular formula is C25H30FN3O3S. The van der Waals surface area contributed by atoms with Gasteiger partial charge in [-0.1, -0.05) is 13.8 Å². The summed E-state index contributed by atoms with van der Waals surface area (Å²) in [5, 5.41) is 3.21. The Bertz CT molecular complexity index is 1150. The average molecular weight is 472 g/mol. The monoisotopic (exact) mass is 471 g/mol. The van der Waals surface area contributed by atoms with Crippen LogP contribution in [0.4, 0.5) is 4.39 Å². The van der Waals surface area contributed by atoms with Gasteiger partial charge in [-0.05, 0) is 36.0 Å². The first-order valence-corrected chi connectivity index (χ1v) is 12.3. The Morgan fingerprint density at radius 2 is 2.12 bits per heavy atom. The van der Waals surface area contributed by atoms with E-state index in [4.69, 9.17) is 4.42 Å². The zero-order valence-electron chi connectivity index (χ0n) is 19.6. The molecule has 3 heterocycles. The quantitative estimate of drug-likeness (QED) is 0.496. The van der Waals surface area contributed by atoms with Crippen LogP contribution in [0.3, 0.4) is 0 Å². The third-order valence-corrected chi connectivity index (χ3v) is 7.12. The lowest BCUT2D eigenvalue weighted by Gasteiger charge is -2.33. The summed E-state index contributed by atoms with van der Waals surface area (Å²) in [4.78, 5) is 32.8. The van der Waals surface area contributed by atoms with Gasteiger partial charge in [-0.3, -0.25) is 9.59 Å². The number of hydrogen-bond donors (Lipinski definition) is 0. The van der Waals surface area contributed by atoms with Gasteiger partial charge in [-0.25, -0.2) is 9.37 Å². The van der Waals surface area contributed by atoms with Crippen LogP contribution >= 0.6 is 11.3 Å². The van der Waals surface area contributed by atoms with Crippen molar-refractivity contribution in [3.05, 3.63) is 51.4 Å². The second-order valence-corrected chi connectivity index (χ2v) is 10.2. The van der Waals surface area contributed by atoms with E-state index >= 15 is 4.39 Å². The van der Waals surface area contributed by atoms with Crippen LogP contribution < -0.4 is 0 Å². The number of benzene rings is 1. The number of thiazole rings is 1. The van der Waals surface area contributed by atoms with Gasteiger partial charge in [0, 0.05) is 63.6 Å². The van der Waals surface area contributed by atoms with E-state index in [1.807, 2.05) is 30.2 Å². The minimum atomic E-state index is -0.349. The molecule has 6 nitrogen and oxygen atoms in total. The van der Waals surface area contributed by atoms with E-state index in [9.17, 15) is 9.59 Å². The SMILES string of the molecule is CC(C)c1cc([C@H]2CCCN(C(=O)CCc3nccs3)C2)c(F)c2cc(C(=O)N(C)C)oc12. The molecular weight excluding hydrogens is 441 g/mol. The molecule has 1 aromatic carbocycles. The van der Waals surface area contributed by atoms with Crippen molar-refractivity contribution in [2.75, 3.05) is 27.2 Å². The Morgan fingerprint density at radius 3 is 2.79 bits per heavy atom. The average Bonchev–Trinajstić information content (AvgIpc) is 3.47. The molecule has 2 aromatic heterocycles. The first-order valence-electron chi connectivity index (χ1n) is 11.4. The van der Waals surface area contributed by atoms with E-state index in [1.54, 1.807) is 31.6 Å². The number of nitrogens with zero attached hydrogens (tertiary/aromatic N) is 3. The van der Waals surface area contributed by atoms with Crippen molar-refractivity contribution in [2.45, 2.75) is 51.4 Å². The number of likely N-dealkylation sites (tertiary alicyclic amines) is 1. The minimum Gasteiger partial charge on any atom is -0.450 e. The molecule has 0 spiro atoms. The molecule has 33 heavy (non-hydrogen) atoms. The number of carbonyl (C=O) groups excluding carboxylic acids is 2. The summed E-state index contributed by atoms with van der Waals surface area (Å²) in [5.41, 5.74) is 1.92. The highest BCUT2D eigenvalue weighted by atomic mass is 32.1. The predicted octanol–water partition coefficient (Wildman–Crippen LogP) is 5.19. The van der Waals surface area contributed by atoms with Gasteiger partial charge in [0.05, 0.1) is 10.4 Å². The normalized spacial score (nSPS) is 16.5. The molecule has 2 amide bonds. The van der Waals surface area contributed by atoms with Crippen LogP contribution in [-0.4, -0.2) is 53.8 Å². The number of aromatic nitrogens is 1. The van der Waals surface area contributed by atoms with E-state index < -0.39 is 0 Å². The molecule has 1 aliphatic heterocycles. The summed E-state index contributed by atoms with van der Waals surface area (Å²) in [7, 11) is 3.28. The fourth-order valence-electron chi connectivity index (χ4n) is 4.48. The van der Waals surface area contributed by atoms with Crippen LogP contribution in [0.5, 0.6) is 0 Å². The fraction of sp³-hybridized carbons (Fsp3) is 0.480. The highest BCUT2D eigenvalue weighted by Gasteiger charge is 2.30. The number of halogens is 1. The second kappa shape index (κ2) is 9.63. The van der Waals surface area contributed by atoms with Gasteiger partial charge in [-0.15, -0.1) is 11.3 Å². The van der Waals surface area contributed by atoms with E-state index in [0.717, 1.165) is 23.4 Å². The smallest absolute Gasteiger partial charge is 0.289 e. The van der Waals surface area contributed by atoms with Crippen molar-refractivity contribution in [1.29, 1.82) is 0 Å². The molecule has 1 atom stereocenters. The summed E-state index contributed by atoms with van der Waals surface area (Å²) in [5.74, 6) is -0.417. The molecule has 176 valence electrons. The molecule has 8 heteroatoms. The van der Waals surface area contributed by atoms with E-state index in [1.165, 1.54) is 11.0 Å². The van der Waals surface area contributed by atoms with Crippen molar-refractivity contribution in [3.63, 3.8) is 0 Å². The van der Waals surface area contributed by atoms with Crippen LogP contribution in [-0.2, 0) is 11.2 Å². The summed E-state index contributed by atoms with van der Waals surface area (Å²) < 4.78 is 21.6. The van der Waals surface area contributed by atoms with Gasteiger partial charge in [0.15, 0.2) is 5.76 Å². The number of carbonyl (C=O) groups is 2. The van der Waals surface area contributed by atoms with Crippen LogP contribution in [0.1, 0.15) is 71.6 Å². The molecule has 4 rings (SSSR count). The van der Waals surface area contributed by atoms with Gasteiger partial charge in [0.1, 0.15) is 11.4 Å². The molecule has 0 radical (unpaired) electrons. The lowest BCUT2D eigenvalue weighted by Crippen LogP contribution is -2.39. The Balaban J connectivity index is 1.61. The number of rotatable bonds is 6. The molecule has 1 saturated heterocycles. The second-order valence-electron chi connectivity index (χ2n) is 9.18. The van der Waals surface area contributed by atoms with Gasteiger partial charge in [0.2, 0.25) is 5.91 Å². The first-order chi connectivity index (χ1) is 15.8. The van der Waals surface area contributed by atoms with Crippen molar-refractivity contribution in [3.8, 4) is 0 Å². The van der Waals surface area contributed by atoms with Crippen LogP contribution in [0.2, 0.25) is 0 Å².